The van der Waals surface area contributed by atoms with Gasteiger partial charge >= 0.3 is 5.97 Å². The lowest BCUT2D eigenvalue weighted by Crippen LogP contribution is -2.05. The molecule has 0 aliphatic rings. The zero-order valence-corrected chi connectivity index (χ0v) is 35.1. The number of rotatable bonds is 45. The summed E-state index contributed by atoms with van der Waals surface area (Å²) in [4.78, 5) is 12.0. The van der Waals surface area contributed by atoms with Crippen molar-refractivity contribution < 1.29 is 9.53 Å². The quantitative estimate of drug-likeness (QED) is 0.0466. The maximum Gasteiger partial charge on any atom is 0.305 e. The maximum atomic E-state index is 12.0. The minimum absolute atomic E-state index is 0.0332. The summed E-state index contributed by atoms with van der Waals surface area (Å²) in [5.74, 6) is 0.0332. The Kier molecular flexibility index (Phi) is 46.0. The summed E-state index contributed by atoms with van der Waals surface area (Å²) < 4.78 is 5.48. The van der Waals surface area contributed by atoms with E-state index < -0.39 is 0 Å². The summed E-state index contributed by atoms with van der Waals surface area (Å²) in [6.07, 6.45) is 60.9. The first kappa shape index (κ1) is 49.5. The Hall–Kier alpha value is -0.530. The number of hydrogen-bond acceptors (Lipinski definition) is 2. The van der Waals surface area contributed by atoms with E-state index in [1.54, 1.807) is 0 Å². The van der Waals surface area contributed by atoms with Crippen molar-refractivity contribution in [3.8, 4) is 0 Å². The van der Waals surface area contributed by atoms with Crippen molar-refractivity contribution >= 4 is 5.97 Å². The number of carbonyl (C=O) groups excluding carboxylic acids is 1. The fourth-order valence-corrected chi connectivity index (χ4v) is 7.67. The van der Waals surface area contributed by atoms with Crippen LogP contribution in [0.4, 0.5) is 0 Å². The minimum Gasteiger partial charge on any atom is -0.466 e. The molecule has 0 aliphatic carbocycles. The highest BCUT2D eigenvalue weighted by atomic mass is 16.5. The van der Waals surface area contributed by atoms with Crippen molar-refractivity contribution in [3.63, 3.8) is 0 Å². The normalized spacial score (nSPS) is 11.5. The zero-order valence-electron chi connectivity index (χ0n) is 35.1. The summed E-state index contributed by atoms with van der Waals surface area (Å²) in [5.41, 5.74) is 0. The topological polar surface area (TPSA) is 26.3 Å². The van der Waals surface area contributed by atoms with Crippen LogP contribution in [0, 0.1) is 0 Å². The van der Waals surface area contributed by atoms with E-state index in [1.807, 2.05) is 0 Å². The highest BCUT2D eigenvalue weighted by molar-refractivity contribution is 5.69. The van der Waals surface area contributed by atoms with Gasteiger partial charge < -0.3 is 4.74 Å². The molecular weight excluding hydrogens is 609 g/mol. The van der Waals surface area contributed by atoms with E-state index in [0.29, 0.717) is 13.0 Å². The predicted molar refractivity (Wildman–Crippen MR) is 225 cm³/mol. The predicted octanol–water partition coefficient (Wildman–Crippen LogP) is 17.7. The number of carbonyl (C=O) groups is 1. The Morgan fingerprint density at radius 1 is 0.260 bits per heavy atom. The minimum atomic E-state index is 0.0332. The fraction of sp³-hybridized carbons (Fsp3) is 0.979. The molecule has 2 heteroatoms. The highest BCUT2D eigenvalue weighted by Crippen LogP contribution is 2.17. The molecule has 0 aromatic rings. The van der Waals surface area contributed by atoms with Crippen LogP contribution in [0.5, 0.6) is 0 Å². The second-order valence-corrected chi connectivity index (χ2v) is 16.5. The molecule has 0 amide bonds. The first-order valence-electron chi connectivity index (χ1n) is 24.0. The number of unbranched alkanes of at least 4 members (excludes halogenated alkanes) is 41. The molecule has 0 radical (unpaired) electrons. The van der Waals surface area contributed by atoms with Crippen molar-refractivity contribution in [1.82, 2.24) is 0 Å². The van der Waals surface area contributed by atoms with Crippen LogP contribution >= 0.6 is 0 Å². The number of esters is 1. The molecule has 2 nitrogen and oxygen atoms in total. The monoisotopic (exact) mass is 705 g/mol. The van der Waals surface area contributed by atoms with Crippen molar-refractivity contribution in [3.05, 3.63) is 0 Å². The van der Waals surface area contributed by atoms with Crippen molar-refractivity contribution in [2.45, 2.75) is 296 Å². The van der Waals surface area contributed by atoms with Crippen molar-refractivity contribution in [2.75, 3.05) is 6.61 Å². The third kappa shape index (κ3) is 45.5. The third-order valence-corrected chi connectivity index (χ3v) is 11.2. The largest absolute Gasteiger partial charge is 0.466 e. The summed E-state index contributed by atoms with van der Waals surface area (Å²) in [5, 5.41) is 0. The number of hydrogen-bond donors (Lipinski definition) is 0. The van der Waals surface area contributed by atoms with Gasteiger partial charge in [-0.2, -0.15) is 0 Å². The molecule has 0 bridgehead atoms. The van der Waals surface area contributed by atoms with Crippen LogP contribution in [-0.2, 0) is 9.53 Å². The second-order valence-electron chi connectivity index (χ2n) is 16.5. The first-order valence-corrected chi connectivity index (χ1v) is 24.0. The SMILES string of the molecule is CCCCCCCCCCCCCCCCCCCCCCCCCCCCC(=O)OCCCCCCCCCCCCCCCCCCC. The van der Waals surface area contributed by atoms with E-state index in [-0.39, 0.29) is 5.97 Å². The van der Waals surface area contributed by atoms with E-state index >= 15 is 0 Å². The molecule has 0 atom stereocenters. The van der Waals surface area contributed by atoms with E-state index in [9.17, 15) is 4.79 Å². The molecule has 50 heavy (non-hydrogen) atoms. The van der Waals surface area contributed by atoms with Gasteiger partial charge in [-0.15, -0.1) is 0 Å². The second kappa shape index (κ2) is 46.5. The van der Waals surface area contributed by atoms with Crippen LogP contribution < -0.4 is 0 Å². The summed E-state index contributed by atoms with van der Waals surface area (Å²) in [6, 6.07) is 0. The Bertz CT molecular complexity index is 601. The van der Waals surface area contributed by atoms with Crippen LogP contribution in [0.1, 0.15) is 296 Å². The molecule has 0 spiro atoms. The fourth-order valence-electron chi connectivity index (χ4n) is 7.67. The van der Waals surface area contributed by atoms with Crippen LogP contribution in [0.15, 0.2) is 0 Å². The molecule has 0 rings (SSSR count). The molecule has 0 unspecified atom stereocenters. The van der Waals surface area contributed by atoms with E-state index in [2.05, 4.69) is 13.8 Å². The Balaban J connectivity index is 3.14. The molecule has 0 saturated heterocycles. The summed E-state index contributed by atoms with van der Waals surface area (Å²) in [6.45, 7) is 5.24. The molecule has 0 aromatic carbocycles. The first-order chi connectivity index (χ1) is 24.8. The maximum absolute atomic E-state index is 12.0. The molecule has 0 fully saturated rings. The molecule has 0 aliphatic heterocycles. The average Bonchev–Trinajstić information content (AvgIpc) is 3.12. The van der Waals surface area contributed by atoms with Crippen molar-refractivity contribution in [2.24, 2.45) is 0 Å². The zero-order chi connectivity index (χ0) is 36.1. The van der Waals surface area contributed by atoms with Crippen LogP contribution in [0.3, 0.4) is 0 Å². The van der Waals surface area contributed by atoms with Gasteiger partial charge in [0.2, 0.25) is 0 Å². The lowest BCUT2D eigenvalue weighted by Gasteiger charge is -2.06. The van der Waals surface area contributed by atoms with Crippen LogP contribution in [-0.4, -0.2) is 12.6 Å². The average molecular weight is 705 g/mol. The Morgan fingerprint density at radius 3 is 0.660 bits per heavy atom. The molecular formula is C48H96O2. The smallest absolute Gasteiger partial charge is 0.305 e. The third-order valence-electron chi connectivity index (χ3n) is 11.2. The van der Waals surface area contributed by atoms with E-state index in [4.69, 9.17) is 4.74 Å². The number of ether oxygens (including phenoxy) is 1. The van der Waals surface area contributed by atoms with Gasteiger partial charge in [0.15, 0.2) is 0 Å². The van der Waals surface area contributed by atoms with Crippen molar-refractivity contribution in [1.29, 1.82) is 0 Å². The van der Waals surface area contributed by atoms with Crippen LogP contribution in [0.25, 0.3) is 0 Å². The van der Waals surface area contributed by atoms with E-state index in [1.165, 1.54) is 263 Å². The molecule has 300 valence electrons. The molecule has 0 heterocycles. The lowest BCUT2D eigenvalue weighted by molar-refractivity contribution is -0.143. The van der Waals surface area contributed by atoms with Gasteiger partial charge in [-0.25, -0.2) is 0 Å². The van der Waals surface area contributed by atoms with E-state index in [0.717, 1.165) is 12.8 Å². The Morgan fingerprint density at radius 2 is 0.440 bits per heavy atom. The van der Waals surface area contributed by atoms with Gasteiger partial charge in [-0.3, -0.25) is 4.79 Å². The van der Waals surface area contributed by atoms with Gasteiger partial charge in [0.25, 0.3) is 0 Å². The summed E-state index contributed by atoms with van der Waals surface area (Å²) >= 11 is 0. The lowest BCUT2D eigenvalue weighted by atomic mass is 10.0. The Labute approximate surface area is 317 Å². The summed E-state index contributed by atoms with van der Waals surface area (Å²) in [7, 11) is 0. The van der Waals surface area contributed by atoms with Gasteiger partial charge in [0.1, 0.15) is 0 Å². The molecule has 0 saturated carbocycles. The highest BCUT2D eigenvalue weighted by Gasteiger charge is 2.03. The van der Waals surface area contributed by atoms with Gasteiger partial charge in [-0.05, 0) is 12.8 Å². The van der Waals surface area contributed by atoms with Crippen LogP contribution in [0.2, 0.25) is 0 Å². The van der Waals surface area contributed by atoms with Gasteiger partial charge in [0, 0.05) is 6.42 Å². The van der Waals surface area contributed by atoms with Gasteiger partial charge in [0.05, 0.1) is 6.61 Å². The molecule has 0 N–H and O–H groups in total. The van der Waals surface area contributed by atoms with Gasteiger partial charge in [-0.1, -0.05) is 277 Å². The molecule has 0 aromatic heterocycles. The standard InChI is InChI=1S/C48H96O2/c1-3-5-7-9-11-13-15-17-19-21-22-23-24-25-26-27-28-29-30-32-34-36-38-40-42-44-46-48(49)50-47-45-43-41-39-37-35-33-31-20-18-16-14-12-10-8-6-4-2/h3-47H2,1-2H3.